The molecule has 0 atom stereocenters. The molecule has 0 amide bonds. The van der Waals surface area contributed by atoms with Crippen molar-refractivity contribution < 1.29 is 4.42 Å². The molecule has 4 heterocycles. The molecule has 12 aromatic rings. The molecule has 0 aliphatic carbocycles. The number of hydrogen-bond donors (Lipinski definition) is 0. The summed E-state index contributed by atoms with van der Waals surface area (Å²) in [5.74, 6) is 1.81. The van der Waals surface area contributed by atoms with E-state index in [0.717, 1.165) is 49.8 Å². The Bertz CT molecular complexity index is 3420. The van der Waals surface area contributed by atoms with E-state index in [1.54, 1.807) is 0 Å². The van der Waals surface area contributed by atoms with Gasteiger partial charge in [-0.05, 0) is 65.7 Å². The summed E-state index contributed by atoms with van der Waals surface area (Å²) in [6.45, 7) is 0. The number of benzene rings is 8. The van der Waals surface area contributed by atoms with Crippen LogP contribution >= 0.6 is 11.3 Å². The number of nitrogens with zero attached hydrogens (tertiary/aromatic N) is 4. The van der Waals surface area contributed by atoms with Crippen LogP contribution in [0.15, 0.2) is 186 Å². The fourth-order valence-corrected chi connectivity index (χ4v) is 9.49. The summed E-state index contributed by atoms with van der Waals surface area (Å²) in [5.41, 5.74) is 10.1. The third-order valence-corrected chi connectivity index (χ3v) is 12.2. The Morgan fingerprint density at radius 2 is 0.982 bits per heavy atom. The van der Waals surface area contributed by atoms with Crippen molar-refractivity contribution in [2.24, 2.45) is 0 Å². The molecule has 266 valence electrons. The third kappa shape index (κ3) is 5.12. The van der Waals surface area contributed by atoms with E-state index < -0.39 is 0 Å². The second-order valence-corrected chi connectivity index (χ2v) is 15.5. The molecule has 0 fully saturated rings. The summed E-state index contributed by atoms with van der Waals surface area (Å²) in [5, 5.41) is 7.13. The molecule has 0 saturated carbocycles. The molecule has 0 unspecified atom stereocenters. The summed E-state index contributed by atoms with van der Waals surface area (Å²) in [7, 11) is 0. The number of aromatic nitrogens is 4. The van der Waals surface area contributed by atoms with Crippen LogP contribution in [-0.4, -0.2) is 19.5 Å². The zero-order valence-electron chi connectivity index (χ0n) is 30.4. The first-order valence-electron chi connectivity index (χ1n) is 19.0. The van der Waals surface area contributed by atoms with Crippen LogP contribution < -0.4 is 0 Å². The van der Waals surface area contributed by atoms with E-state index in [1.807, 2.05) is 78.1 Å². The van der Waals surface area contributed by atoms with Gasteiger partial charge in [0, 0.05) is 58.5 Å². The lowest BCUT2D eigenvalue weighted by Gasteiger charge is -2.08. The predicted molar refractivity (Wildman–Crippen MR) is 236 cm³/mol. The van der Waals surface area contributed by atoms with E-state index in [9.17, 15) is 0 Å². The minimum Gasteiger partial charge on any atom is -0.455 e. The zero-order chi connectivity index (χ0) is 37.5. The van der Waals surface area contributed by atoms with Gasteiger partial charge in [-0.25, -0.2) is 15.0 Å². The Hall–Kier alpha value is -7.41. The maximum atomic E-state index is 6.74. The molecule has 5 nitrogen and oxygen atoms in total. The highest BCUT2D eigenvalue weighted by Gasteiger charge is 2.19. The molecular formula is C51H30N4OS. The minimum atomic E-state index is 0.573. The fourth-order valence-electron chi connectivity index (χ4n) is 8.37. The number of thiophene rings is 1. The van der Waals surface area contributed by atoms with Gasteiger partial charge in [0.25, 0.3) is 0 Å². The summed E-state index contributed by atoms with van der Waals surface area (Å²) in [4.78, 5) is 14.9. The van der Waals surface area contributed by atoms with Gasteiger partial charge in [0.05, 0.1) is 16.6 Å². The van der Waals surface area contributed by atoms with Crippen molar-refractivity contribution in [3.05, 3.63) is 182 Å². The molecule has 12 rings (SSSR count). The quantitative estimate of drug-likeness (QED) is 0.176. The largest absolute Gasteiger partial charge is 0.455 e. The maximum Gasteiger partial charge on any atom is 0.167 e. The molecule has 0 aliphatic rings. The number of fused-ring (bicyclic) bond motifs is 9. The van der Waals surface area contributed by atoms with Crippen LogP contribution in [0.4, 0.5) is 0 Å². The average Bonchev–Trinajstić information content (AvgIpc) is 3.95. The van der Waals surface area contributed by atoms with Gasteiger partial charge in [-0.2, -0.15) is 0 Å². The summed E-state index contributed by atoms with van der Waals surface area (Å²) >= 11 is 1.84. The summed E-state index contributed by atoms with van der Waals surface area (Å²) in [6.07, 6.45) is 0. The molecule has 6 heteroatoms. The summed E-state index contributed by atoms with van der Waals surface area (Å²) < 4.78 is 11.7. The highest BCUT2D eigenvalue weighted by molar-refractivity contribution is 7.25. The van der Waals surface area contributed by atoms with Crippen molar-refractivity contribution in [3.8, 4) is 51.0 Å². The van der Waals surface area contributed by atoms with Crippen molar-refractivity contribution in [3.63, 3.8) is 0 Å². The number of furan rings is 1. The summed E-state index contributed by atoms with van der Waals surface area (Å²) in [6, 6.07) is 63.9. The fraction of sp³-hybridized carbons (Fsp3) is 0. The minimum absolute atomic E-state index is 0.573. The van der Waals surface area contributed by atoms with Gasteiger partial charge < -0.3 is 8.98 Å². The molecule has 0 aliphatic heterocycles. The van der Waals surface area contributed by atoms with Crippen LogP contribution in [0.2, 0.25) is 0 Å². The molecule has 0 spiro atoms. The van der Waals surface area contributed by atoms with Crippen LogP contribution in [-0.2, 0) is 0 Å². The first-order chi connectivity index (χ1) is 28.2. The highest BCUT2D eigenvalue weighted by Crippen LogP contribution is 2.41. The predicted octanol–water partition coefficient (Wildman–Crippen LogP) is 13.9. The number of rotatable bonds is 5. The lowest BCUT2D eigenvalue weighted by molar-refractivity contribution is 0.669. The van der Waals surface area contributed by atoms with Crippen molar-refractivity contribution in [2.45, 2.75) is 0 Å². The molecule has 4 aromatic heterocycles. The molecule has 57 heavy (non-hydrogen) atoms. The van der Waals surface area contributed by atoms with Crippen LogP contribution in [0.3, 0.4) is 0 Å². The van der Waals surface area contributed by atoms with Crippen LogP contribution in [0.1, 0.15) is 0 Å². The lowest BCUT2D eigenvalue weighted by Crippen LogP contribution is -2.00. The second-order valence-electron chi connectivity index (χ2n) is 14.4. The Labute approximate surface area is 330 Å². The van der Waals surface area contributed by atoms with Crippen LogP contribution in [0, 0.1) is 0 Å². The van der Waals surface area contributed by atoms with Gasteiger partial charge >= 0.3 is 0 Å². The SMILES string of the molecule is c1ccc(-c2nc(-c3ccccc3)nc(-c3cccc4c3oc3cc(-c5ccc6sc7cc(-n8c9ccccc9c9ccccc98)ccc7c6c5)ccc34)n2)cc1. The molecule has 0 N–H and O–H groups in total. The normalized spacial score (nSPS) is 11.9. The molecule has 0 saturated heterocycles. The van der Waals surface area contributed by atoms with Gasteiger partial charge in [0.1, 0.15) is 11.2 Å². The highest BCUT2D eigenvalue weighted by atomic mass is 32.1. The second kappa shape index (κ2) is 12.6. The van der Waals surface area contributed by atoms with Crippen molar-refractivity contribution in [1.82, 2.24) is 19.5 Å². The van der Waals surface area contributed by atoms with Gasteiger partial charge in [-0.15, -0.1) is 11.3 Å². The van der Waals surface area contributed by atoms with Gasteiger partial charge in [-0.3, -0.25) is 0 Å². The van der Waals surface area contributed by atoms with Gasteiger partial charge in [-0.1, -0.05) is 127 Å². The third-order valence-electron chi connectivity index (χ3n) is 11.1. The van der Waals surface area contributed by atoms with E-state index in [-0.39, 0.29) is 0 Å². The van der Waals surface area contributed by atoms with E-state index in [1.165, 1.54) is 47.7 Å². The average molecular weight is 747 g/mol. The Balaban J connectivity index is 0.955. The Kier molecular flexibility index (Phi) is 7.03. The Morgan fingerprint density at radius 1 is 0.386 bits per heavy atom. The first-order valence-corrected chi connectivity index (χ1v) is 19.8. The lowest BCUT2D eigenvalue weighted by atomic mass is 10.0. The molecular weight excluding hydrogens is 717 g/mol. The van der Waals surface area contributed by atoms with Gasteiger partial charge in [0.15, 0.2) is 17.5 Å². The van der Waals surface area contributed by atoms with E-state index >= 15 is 0 Å². The number of hydrogen-bond acceptors (Lipinski definition) is 5. The molecule has 0 bridgehead atoms. The van der Waals surface area contributed by atoms with Crippen molar-refractivity contribution >= 4 is 75.3 Å². The topological polar surface area (TPSA) is 56.7 Å². The molecule has 8 aromatic carbocycles. The van der Waals surface area contributed by atoms with Gasteiger partial charge in [0.2, 0.25) is 0 Å². The van der Waals surface area contributed by atoms with E-state index in [0.29, 0.717) is 17.5 Å². The van der Waals surface area contributed by atoms with E-state index in [4.69, 9.17) is 19.4 Å². The van der Waals surface area contributed by atoms with Crippen LogP contribution in [0.25, 0.3) is 115 Å². The smallest absolute Gasteiger partial charge is 0.167 e. The Morgan fingerprint density at radius 3 is 1.70 bits per heavy atom. The van der Waals surface area contributed by atoms with Crippen molar-refractivity contribution in [1.29, 1.82) is 0 Å². The maximum absolute atomic E-state index is 6.74. The standard InChI is InChI=1S/C51H30N4OS/c1-3-12-31(13-4-1)49-52-50(32-14-5-2-6-15-32)54-51(53-49)41-19-11-18-40-38-25-22-34(29-45(38)56-48(40)41)33-23-27-46-42(28-33)39-26-24-35(30-47(39)57-46)55-43-20-9-7-16-36(43)37-17-8-10-21-44(37)55/h1-30H. The molecule has 0 radical (unpaired) electrons. The van der Waals surface area contributed by atoms with Crippen LogP contribution in [0.5, 0.6) is 0 Å². The first kappa shape index (κ1) is 31.9. The zero-order valence-corrected chi connectivity index (χ0v) is 31.2. The monoisotopic (exact) mass is 746 g/mol. The number of para-hydroxylation sites is 3. The van der Waals surface area contributed by atoms with E-state index in [2.05, 4.69) is 120 Å². The van der Waals surface area contributed by atoms with Crippen molar-refractivity contribution in [2.75, 3.05) is 0 Å².